The van der Waals surface area contributed by atoms with Crippen molar-refractivity contribution in [3.8, 4) is 0 Å². The van der Waals surface area contributed by atoms with Gasteiger partial charge in [-0.1, -0.05) is 49.6 Å². The number of hydrogen-bond donors (Lipinski definition) is 0. The molecule has 0 spiro atoms. The third-order valence-corrected chi connectivity index (χ3v) is 6.44. The van der Waals surface area contributed by atoms with E-state index in [1.807, 2.05) is 43.3 Å². The van der Waals surface area contributed by atoms with E-state index >= 15 is 0 Å². The van der Waals surface area contributed by atoms with Crippen molar-refractivity contribution in [3.05, 3.63) is 75.5 Å². The lowest BCUT2D eigenvalue weighted by Gasteiger charge is -2.18. The maximum atomic E-state index is 12.9. The summed E-state index contributed by atoms with van der Waals surface area (Å²) in [4.78, 5) is 34.0. The summed E-state index contributed by atoms with van der Waals surface area (Å²) < 4.78 is 2.07. The summed E-state index contributed by atoms with van der Waals surface area (Å²) in [6, 6.07) is 12.0. The Balaban J connectivity index is 0.000000806. The number of thiazole rings is 1. The van der Waals surface area contributed by atoms with Gasteiger partial charge in [-0.3, -0.25) is 4.79 Å². The molecule has 1 aromatic carbocycles. The Morgan fingerprint density at radius 3 is 2.57 bits per heavy atom. The fraction of sp³-hybridized carbons (Fsp3) is 0.375. The summed E-state index contributed by atoms with van der Waals surface area (Å²) in [5.41, 5.74) is 4.03. The van der Waals surface area contributed by atoms with Crippen LogP contribution in [0.1, 0.15) is 70.3 Å². The summed E-state index contributed by atoms with van der Waals surface area (Å²) in [7, 11) is 0. The maximum Gasteiger partial charge on any atom is 0.373 e. The first-order valence-electron chi connectivity index (χ1n) is 10.3. The van der Waals surface area contributed by atoms with Crippen LogP contribution in [0.5, 0.6) is 0 Å². The van der Waals surface area contributed by atoms with Gasteiger partial charge in [0.15, 0.2) is 5.78 Å². The van der Waals surface area contributed by atoms with Crippen LogP contribution in [0.4, 0.5) is 0 Å². The molecule has 2 aromatic heterocycles. The highest BCUT2D eigenvalue weighted by Crippen LogP contribution is 2.34. The fourth-order valence-electron chi connectivity index (χ4n) is 4.00. The molecule has 0 radical (unpaired) electrons. The molecular formula is C24H26N2O3S. The van der Waals surface area contributed by atoms with Crippen LogP contribution in [-0.2, 0) is 22.6 Å². The average Bonchev–Trinajstić information content (AvgIpc) is 3.37. The van der Waals surface area contributed by atoms with Gasteiger partial charge in [0.25, 0.3) is 0 Å². The van der Waals surface area contributed by atoms with Crippen LogP contribution in [0.2, 0.25) is 0 Å². The van der Waals surface area contributed by atoms with Gasteiger partial charge in [0, 0.05) is 23.9 Å². The van der Waals surface area contributed by atoms with Crippen molar-refractivity contribution in [1.82, 2.24) is 9.55 Å². The molecule has 6 heteroatoms. The van der Waals surface area contributed by atoms with E-state index in [2.05, 4.69) is 16.1 Å². The first-order chi connectivity index (χ1) is 14.6. The molecule has 5 nitrogen and oxygen atoms in total. The van der Waals surface area contributed by atoms with Gasteiger partial charge in [-0.2, -0.15) is 9.59 Å². The zero-order valence-corrected chi connectivity index (χ0v) is 18.0. The average molecular weight is 423 g/mol. The molecule has 3 aromatic rings. The molecule has 156 valence electrons. The van der Waals surface area contributed by atoms with Crippen molar-refractivity contribution in [1.29, 1.82) is 0 Å². The van der Waals surface area contributed by atoms with Crippen LogP contribution in [-0.4, -0.2) is 21.5 Å². The third kappa shape index (κ3) is 5.85. The molecule has 0 bridgehead atoms. The summed E-state index contributed by atoms with van der Waals surface area (Å²) in [5.74, 6) is 0.806. The monoisotopic (exact) mass is 422 g/mol. The van der Waals surface area contributed by atoms with Gasteiger partial charge in [0.2, 0.25) is 0 Å². The van der Waals surface area contributed by atoms with Gasteiger partial charge >= 0.3 is 6.15 Å². The first-order valence-corrected chi connectivity index (χ1v) is 11.2. The number of aryl methyl sites for hydroxylation is 1. The zero-order chi connectivity index (χ0) is 21.3. The van der Waals surface area contributed by atoms with Crippen molar-refractivity contribution < 1.29 is 14.4 Å². The minimum atomic E-state index is 0.164. The molecule has 0 aliphatic heterocycles. The third-order valence-electron chi connectivity index (χ3n) is 5.38. The predicted molar refractivity (Wildman–Crippen MR) is 116 cm³/mol. The number of nitrogens with zero attached hydrogens (tertiary/aromatic N) is 2. The van der Waals surface area contributed by atoms with Crippen LogP contribution < -0.4 is 0 Å². The van der Waals surface area contributed by atoms with Crippen LogP contribution in [0, 0.1) is 6.92 Å². The number of Topliss-reactive ketones (excluding diaryl/α,β-unsaturated/α-hetero) is 1. The van der Waals surface area contributed by atoms with E-state index in [4.69, 9.17) is 14.6 Å². The lowest BCUT2D eigenvalue weighted by Crippen LogP contribution is -2.12. The molecule has 0 saturated heterocycles. The molecule has 1 aliphatic carbocycles. The van der Waals surface area contributed by atoms with Crippen LogP contribution in [0.15, 0.2) is 48.0 Å². The van der Waals surface area contributed by atoms with Crippen molar-refractivity contribution in [2.45, 2.75) is 57.9 Å². The molecule has 30 heavy (non-hydrogen) atoms. The molecule has 1 fully saturated rings. The summed E-state index contributed by atoms with van der Waals surface area (Å²) in [5, 5.41) is 3.45. The fourth-order valence-corrected chi connectivity index (χ4v) is 4.98. The Labute approximate surface area is 180 Å². The molecule has 1 aliphatic rings. The number of ketones is 1. The second-order valence-electron chi connectivity index (χ2n) is 7.71. The van der Waals surface area contributed by atoms with E-state index < -0.39 is 0 Å². The highest BCUT2D eigenvalue weighted by Gasteiger charge is 2.19. The zero-order valence-electron chi connectivity index (χ0n) is 17.2. The molecule has 4 rings (SSSR count). The molecule has 0 N–H and O–H groups in total. The standard InChI is InChI=1S/C23H26N2OS.CO2/c1-17-12-21(22(26)13-18-8-4-2-5-9-18)25(14-17)15-20-16-27-23(24-20)19-10-6-3-7-11-19;2-1-3/h2,4-5,8-9,12,14,16,19H,3,6-7,10-11,13,15H2,1H3;. The Morgan fingerprint density at radius 1 is 1.17 bits per heavy atom. The molecular weight excluding hydrogens is 396 g/mol. The highest BCUT2D eigenvalue weighted by atomic mass is 32.1. The van der Waals surface area contributed by atoms with Gasteiger partial charge in [-0.05, 0) is 37.0 Å². The minimum absolute atomic E-state index is 0.164. The topological polar surface area (TPSA) is 69.0 Å². The number of aromatic nitrogens is 2. The number of benzene rings is 1. The van der Waals surface area contributed by atoms with E-state index in [0.29, 0.717) is 18.9 Å². The number of carbonyl (C=O) groups excluding carboxylic acids is 3. The lowest BCUT2D eigenvalue weighted by atomic mass is 9.90. The smallest absolute Gasteiger partial charge is 0.339 e. The minimum Gasteiger partial charge on any atom is -0.339 e. The summed E-state index contributed by atoms with van der Waals surface area (Å²) >= 11 is 1.79. The van der Waals surface area contributed by atoms with E-state index in [9.17, 15) is 4.79 Å². The molecule has 0 amide bonds. The van der Waals surface area contributed by atoms with E-state index in [0.717, 1.165) is 22.5 Å². The Morgan fingerprint density at radius 2 is 1.87 bits per heavy atom. The SMILES string of the molecule is Cc1cc(C(=O)Cc2ccccc2)n(Cc2csc(C3CCCCC3)n2)c1.O=C=O. The predicted octanol–water partition coefficient (Wildman–Crippen LogP) is 5.19. The van der Waals surface area contributed by atoms with Gasteiger partial charge < -0.3 is 4.57 Å². The molecule has 2 heterocycles. The summed E-state index contributed by atoms with van der Waals surface area (Å²) in [6.07, 6.45) is 9.33. The van der Waals surface area contributed by atoms with Crippen molar-refractivity contribution in [2.75, 3.05) is 0 Å². The number of rotatable bonds is 6. The van der Waals surface area contributed by atoms with E-state index in [1.165, 1.54) is 37.1 Å². The van der Waals surface area contributed by atoms with Gasteiger partial charge in [-0.25, -0.2) is 4.98 Å². The Hall–Kier alpha value is -2.82. The Kier molecular flexibility index (Phi) is 7.89. The number of hydrogen-bond acceptors (Lipinski definition) is 5. The van der Waals surface area contributed by atoms with E-state index in [-0.39, 0.29) is 11.9 Å². The van der Waals surface area contributed by atoms with Crippen LogP contribution in [0.3, 0.4) is 0 Å². The van der Waals surface area contributed by atoms with Gasteiger partial charge in [-0.15, -0.1) is 11.3 Å². The van der Waals surface area contributed by atoms with Crippen LogP contribution in [0.25, 0.3) is 0 Å². The summed E-state index contributed by atoms with van der Waals surface area (Å²) in [6.45, 7) is 2.72. The largest absolute Gasteiger partial charge is 0.373 e. The van der Waals surface area contributed by atoms with Gasteiger partial charge in [0.1, 0.15) is 0 Å². The normalized spacial score (nSPS) is 13.9. The molecule has 0 unspecified atom stereocenters. The van der Waals surface area contributed by atoms with Crippen molar-refractivity contribution in [2.24, 2.45) is 0 Å². The lowest BCUT2D eigenvalue weighted by molar-refractivity contribution is -0.191. The Bertz CT molecular complexity index is 995. The van der Waals surface area contributed by atoms with Crippen molar-refractivity contribution >= 4 is 23.3 Å². The highest BCUT2D eigenvalue weighted by molar-refractivity contribution is 7.09. The van der Waals surface area contributed by atoms with Crippen molar-refractivity contribution in [3.63, 3.8) is 0 Å². The second kappa shape index (κ2) is 10.8. The molecule has 1 saturated carbocycles. The van der Waals surface area contributed by atoms with E-state index in [1.54, 1.807) is 11.3 Å². The molecule has 0 atom stereocenters. The quantitative estimate of drug-likeness (QED) is 0.513. The maximum absolute atomic E-state index is 12.9. The first kappa shape index (κ1) is 21.9. The van der Waals surface area contributed by atoms with Gasteiger partial charge in [0.05, 0.1) is 22.9 Å². The van der Waals surface area contributed by atoms with Crippen LogP contribution >= 0.6 is 11.3 Å². The second-order valence-corrected chi connectivity index (χ2v) is 8.60. The number of carbonyl (C=O) groups is 1.